The average molecular weight is 282 g/mol. The summed E-state index contributed by atoms with van der Waals surface area (Å²) in [7, 11) is 0. The van der Waals surface area contributed by atoms with Crippen molar-refractivity contribution in [2.45, 2.75) is 0 Å². The van der Waals surface area contributed by atoms with Crippen molar-refractivity contribution in [3.8, 4) is 0 Å². The van der Waals surface area contributed by atoms with Crippen molar-refractivity contribution in [1.29, 1.82) is 0 Å². The van der Waals surface area contributed by atoms with Crippen LogP contribution < -0.4 is 10.8 Å². The molecule has 7 nitrogen and oxygen atoms in total. The van der Waals surface area contributed by atoms with Crippen molar-refractivity contribution in [1.82, 2.24) is 9.97 Å². The Morgan fingerprint density at radius 3 is 2.67 bits per heavy atom. The minimum Gasteiger partial charge on any atom is -0.411 e. The Morgan fingerprint density at radius 2 is 1.90 bits per heavy atom. The summed E-state index contributed by atoms with van der Waals surface area (Å²) in [5.74, 6) is 0. The van der Waals surface area contributed by atoms with E-state index < -0.39 is 0 Å². The Labute approximate surface area is 117 Å². The highest BCUT2D eigenvalue weighted by Crippen LogP contribution is 2.19. The van der Waals surface area contributed by atoms with E-state index in [0.29, 0.717) is 22.1 Å². The number of aromatic nitrogens is 2. The van der Waals surface area contributed by atoms with Crippen LogP contribution in [-0.2, 0) is 0 Å². The standard InChI is InChI=1S/C14H10N4O3/c19-13-5-12-10(3-1-8(17-12)6-15-20)11-4-2-9(7-16-21)18-14(11)13/h1-7,17-18,20H/b9-7?,15-6+. The summed E-state index contributed by atoms with van der Waals surface area (Å²) in [4.78, 5) is 28.3. The fraction of sp³-hybridized carbons (Fsp3) is 0. The van der Waals surface area contributed by atoms with Crippen LogP contribution in [0.2, 0.25) is 0 Å². The van der Waals surface area contributed by atoms with E-state index in [1.54, 1.807) is 18.2 Å². The summed E-state index contributed by atoms with van der Waals surface area (Å²) in [6.45, 7) is 0. The highest BCUT2D eigenvalue weighted by Gasteiger charge is 2.05. The fourth-order valence-electron chi connectivity index (χ4n) is 2.28. The number of oxime groups is 1. The first kappa shape index (κ1) is 12.8. The number of hydrogen-bond donors (Lipinski definition) is 3. The number of H-pyrrole nitrogens is 2. The monoisotopic (exact) mass is 282 g/mol. The van der Waals surface area contributed by atoms with Crippen LogP contribution in [0.3, 0.4) is 0 Å². The minimum absolute atomic E-state index is 0.215. The maximum absolute atomic E-state index is 12.2. The van der Waals surface area contributed by atoms with Gasteiger partial charge in [0.1, 0.15) is 0 Å². The molecular formula is C14H10N4O3. The Balaban J connectivity index is 2.41. The third-order valence-corrected chi connectivity index (χ3v) is 3.17. The van der Waals surface area contributed by atoms with Crippen LogP contribution in [0.1, 0.15) is 5.69 Å². The zero-order valence-electron chi connectivity index (χ0n) is 10.7. The molecule has 3 N–H and O–H groups in total. The first-order valence-corrected chi connectivity index (χ1v) is 6.08. The minimum atomic E-state index is -0.215. The quantitative estimate of drug-likeness (QED) is 0.218. The van der Waals surface area contributed by atoms with Crippen molar-refractivity contribution < 1.29 is 5.21 Å². The lowest BCUT2D eigenvalue weighted by molar-refractivity contribution is 0.321. The van der Waals surface area contributed by atoms with E-state index >= 15 is 0 Å². The van der Waals surface area contributed by atoms with Gasteiger partial charge in [-0.15, -0.1) is 4.91 Å². The second kappa shape index (κ2) is 5.04. The van der Waals surface area contributed by atoms with Gasteiger partial charge < -0.3 is 15.2 Å². The molecule has 0 spiro atoms. The predicted molar refractivity (Wildman–Crippen MR) is 80.1 cm³/mol. The molecule has 7 heteroatoms. The van der Waals surface area contributed by atoms with Crippen LogP contribution in [0.5, 0.6) is 0 Å². The Morgan fingerprint density at radius 1 is 1.10 bits per heavy atom. The molecule has 0 aliphatic carbocycles. The van der Waals surface area contributed by atoms with Gasteiger partial charge in [0.05, 0.1) is 34.5 Å². The number of aromatic amines is 2. The van der Waals surface area contributed by atoms with E-state index in [-0.39, 0.29) is 5.43 Å². The highest BCUT2D eigenvalue weighted by atomic mass is 16.4. The average Bonchev–Trinajstić information content (AvgIpc) is 2.48. The lowest BCUT2D eigenvalue weighted by atomic mass is 10.1. The molecule has 2 heterocycles. The molecule has 0 aliphatic heterocycles. The van der Waals surface area contributed by atoms with E-state index in [1.165, 1.54) is 12.3 Å². The van der Waals surface area contributed by atoms with Crippen molar-refractivity contribution >= 4 is 34.2 Å². The number of benzene rings is 1. The van der Waals surface area contributed by atoms with Crippen molar-refractivity contribution in [2.75, 3.05) is 0 Å². The zero-order valence-corrected chi connectivity index (χ0v) is 10.7. The van der Waals surface area contributed by atoms with Crippen molar-refractivity contribution in [3.05, 3.63) is 56.5 Å². The molecule has 104 valence electrons. The third-order valence-electron chi connectivity index (χ3n) is 3.17. The smallest absolute Gasteiger partial charge is 0.204 e. The number of rotatable bonds is 2. The molecule has 0 bridgehead atoms. The van der Waals surface area contributed by atoms with Gasteiger partial charge in [0.25, 0.3) is 0 Å². The van der Waals surface area contributed by atoms with Gasteiger partial charge >= 0.3 is 0 Å². The summed E-state index contributed by atoms with van der Waals surface area (Å²) in [5, 5.41) is 16.2. The molecule has 2 aromatic heterocycles. The molecule has 0 amide bonds. The molecule has 1 aromatic carbocycles. The van der Waals surface area contributed by atoms with E-state index in [4.69, 9.17) is 5.21 Å². The van der Waals surface area contributed by atoms with Gasteiger partial charge in [0, 0.05) is 16.8 Å². The Hall–Kier alpha value is -3.22. The maximum atomic E-state index is 12.2. The molecule has 0 atom stereocenters. The Kier molecular flexibility index (Phi) is 3.07. The number of nitrogens with zero attached hydrogens (tertiary/aromatic N) is 2. The first-order valence-electron chi connectivity index (χ1n) is 6.08. The van der Waals surface area contributed by atoms with Gasteiger partial charge in [-0.1, -0.05) is 11.2 Å². The summed E-state index contributed by atoms with van der Waals surface area (Å²) >= 11 is 0. The van der Waals surface area contributed by atoms with Crippen LogP contribution >= 0.6 is 0 Å². The topological polar surface area (TPSA) is 111 Å². The largest absolute Gasteiger partial charge is 0.411 e. The molecule has 0 unspecified atom stereocenters. The molecule has 21 heavy (non-hydrogen) atoms. The zero-order chi connectivity index (χ0) is 14.8. The van der Waals surface area contributed by atoms with E-state index in [2.05, 4.69) is 20.3 Å². The number of fused-ring (bicyclic) bond motifs is 3. The van der Waals surface area contributed by atoms with Crippen LogP contribution in [0.15, 0.2) is 45.5 Å². The van der Waals surface area contributed by atoms with E-state index in [0.717, 1.165) is 17.0 Å². The lowest BCUT2D eigenvalue weighted by Crippen LogP contribution is -2.12. The molecule has 3 aromatic rings. The van der Waals surface area contributed by atoms with Gasteiger partial charge in [0.2, 0.25) is 5.43 Å². The number of nitrogens with one attached hydrogen (secondary N) is 2. The van der Waals surface area contributed by atoms with E-state index in [1.807, 2.05) is 6.07 Å². The number of hydrogen-bond acceptors (Lipinski definition) is 5. The van der Waals surface area contributed by atoms with Crippen LogP contribution in [0, 0.1) is 4.91 Å². The van der Waals surface area contributed by atoms with Crippen molar-refractivity contribution in [2.24, 2.45) is 10.3 Å². The van der Waals surface area contributed by atoms with Gasteiger partial charge in [-0.2, -0.15) is 0 Å². The molecular weight excluding hydrogens is 272 g/mol. The van der Waals surface area contributed by atoms with Crippen LogP contribution in [0.25, 0.3) is 28.0 Å². The van der Waals surface area contributed by atoms with Gasteiger partial charge in [-0.05, 0) is 23.4 Å². The van der Waals surface area contributed by atoms with Gasteiger partial charge in [-0.3, -0.25) is 4.79 Å². The van der Waals surface area contributed by atoms with Gasteiger partial charge in [-0.25, -0.2) is 0 Å². The summed E-state index contributed by atoms with van der Waals surface area (Å²) < 4.78 is 0. The molecule has 0 radical (unpaired) electrons. The SMILES string of the molecule is O=NC=c1ccc2c([nH]1)c(=O)cc1[nH]c(/C=N/O)ccc12. The van der Waals surface area contributed by atoms with Crippen molar-refractivity contribution in [3.63, 3.8) is 0 Å². The summed E-state index contributed by atoms with van der Waals surface area (Å²) in [5.41, 5.74) is 1.39. The Bertz CT molecular complexity index is 998. The highest BCUT2D eigenvalue weighted by molar-refractivity contribution is 6.05. The molecule has 0 saturated heterocycles. The third kappa shape index (κ3) is 2.20. The summed E-state index contributed by atoms with van der Waals surface area (Å²) in [6.07, 6.45) is 2.35. The molecule has 0 fully saturated rings. The molecule has 0 aliphatic rings. The normalized spacial score (nSPS) is 12.5. The summed E-state index contributed by atoms with van der Waals surface area (Å²) in [6, 6.07) is 8.42. The first-order chi connectivity index (χ1) is 10.2. The number of pyridine rings is 2. The molecule has 0 saturated carbocycles. The molecule has 3 rings (SSSR count). The lowest BCUT2D eigenvalue weighted by Gasteiger charge is -2.04. The van der Waals surface area contributed by atoms with E-state index in [9.17, 15) is 9.70 Å². The van der Waals surface area contributed by atoms with Crippen LogP contribution in [0.4, 0.5) is 0 Å². The van der Waals surface area contributed by atoms with Gasteiger partial charge in [0.15, 0.2) is 0 Å². The number of nitroso groups, excluding NO2 is 1. The van der Waals surface area contributed by atoms with Crippen LogP contribution in [-0.4, -0.2) is 21.4 Å². The maximum Gasteiger partial charge on any atom is 0.204 e. The second-order valence-corrected chi connectivity index (χ2v) is 4.43. The predicted octanol–water partition coefficient (Wildman–Crippen LogP) is 1.60. The fourth-order valence-corrected chi connectivity index (χ4v) is 2.28. The second-order valence-electron chi connectivity index (χ2n) is 4.43.